The van der Waals surface area contributed by atoms with Gasteiger partial charge in [-0.3, -0.25) is 0 Å². The summed E-state index contributed by atoms with van der Waals surface area (Å²) in [6.07, 6.45) is 0. The predicted octanol–water partition coefficient (Wildman–Crippen LogP) is 3.74. The van der Waals surface area contributed by atoms with Crippen molar-refractivity contribution in [2.75, 3.05) is 25.1 Å². The van der Waals surface area contributed by atoms with E-state index in [1.807, 2.05) is 13.8 Å². The molecule has 0 saturated carbocycles. The quantitative estimate of drug-likeness (QED) is 0.493. The van der Waals surface area contributed by atoms with Gasteiger partial charge in [-0.1, -0.05) is 44.5 Å². The molecule has 0 saturated heterocycles. The number of halogens is 1. The lowest BCUT2D eigenvalue weighted by molar-refractivity contribution is 0.167. The highest BCUT2D eigenvalue weighted by atomic mass is 35.5. The summed E-state index contributed by atoms with van der Waals surface area (Å²) in [5, 5.41) is 3.75. The van der Waals surface area contributed by atoms with E-state index in [2.05, 4.69) is 42.6 Å². The first-order valence-electron chi connectivity index (χ1n) is 6.72. The minimum atomic E-state index is -0.135. The molecule has 0 amide bonds. The SMILES string of the molecule is C=C(C)COCCNc1nc(C(C)(C)C)nc(Cl)c1C. The van der Waals surface area contributed by atoms with E-state index >= 15 is 0 Å². The molecule has 1 rings (SSSR count). The van der Waals surface area contributed by atoms with Crippen molar-refractivity contribution in [2.24, 2.45) is 0 Å². The van der Waals surface area contributed by atoms with Crippen LogP contribution in [0.2, 0.25) is 5.15 Å². The van der Waals surface area contributed by atoms with Crippen LogP contribution in [0.15, 0.2) is 12.2 Å². The molecule has 0 aliphatic carbocycles. The van der Waals surface area contributed by atoms with Gasteiger partial charge in [0.15, 0.2) is 0 Å². The van der Waals surface area contributed by atoms with Crippen LogP contribution >= 0.6 is 11.6 Å². The first-order chi connectivity index (χ1) is 9.21. The number of nitrogens with zero attached hydrogens (tertiary/aromatic N) is 2. The van der Waals surface area contributed by atoms with Crippen LogP contribution in [0.25, 0.3) is 0 Å². The highest BCUT2D eigenvalue weighted by Gasteiger charge is 2.20. The zero-order valence-electron chi connectivity index (χ0n) is 13.0. The smallest absolute Gasteiger partial charge is 0.137 e. The fourth-order valence-corrected chi connectivity index (χ4v) is 1.65. The normalized spacial score (nSPS) is 11.5. The molecule has 1 N–H and O–H groups in total. The van der Waals surface area contributed by atoms with Crippen LogP contribution in [0.4, 0.5) is 5.82 Å². The number of hydrogen-bond acceptors (Lipinski definition) is 4. The van der Waals surface area contributed by atoms with Gasteiger partial charge in [0.2, 0.25) is 0 Å². The molecule has 0 spiro atoms. The molecule has 20 heavy (non-hydrogen) atoms. The number of anilines is 1. The Hall–Kier alpha value is -1.13. The van der Waals surface area contributed by atoms with E-state index in [1.165, 1.54) is 0 Å². The molecule has 1 aromatic rings. The van der Waals surface area contributed by atoms with Crippen molar-refractivity contribution >= 4 is 17.4 Å². The molecule has 5 heteroatoms. The van der Waals surface area contributed by atoms with Crippen LogP contribution in [-0.2, 0) is 10.2 Å². The van der Waals surface area contributed by atoms with Crippen molar-refractivity contribution < 1.29 is 4.74 Å². The Labute approximate surface area is 126 Å². The Balaban J connectivity index is 2.69. The molecule has 4 nitrogen and oxygen atoms in total. The lowest BCUT2D eigenvalue weighted by Crippen LogP contribution is -2.19. The molecule has 0 atom stereocenters. The summed E-state index contributed by atoms with van der Waals surface area (Å²) in [5.41, 5.74) is 1.74. The molecule has 0 bridgehead atoms. The molecule has 0 aromatic carbocycles. The third-order valence-corrected chi connectivity index (χ3v) is 3.01. The molecular formula is C15H24ClN3O. The molecule has 0 fully saturated rings. The monoisotopic (exact) mass is 297 g/mol. The second-order valence-electron chi connectivity index (χ2n) is 6.00. The summed E-state index contributed by atoms with van der Waals surface area (Å²) < 4.78 is 5.45. The van der Waals surface area contributed by atoms with Gasteiger partial charge >= 0.3 is 0 Å². The third kappa shape index (κ3) is 5.10. The number of aromatic nitrogens is 2. The molecule has 0 aliphatic heterocycles. The maximum absolute atomic E-state index is 6.17. The van der Waals surface area contributed by atoms with Crippen LogP contribution in [0, 0.1) is 6.92 Å². The second-order valence-corrected chi connectivity index (χ2v) is 6.36. The third-order valence-electron chi connectivity index (χ3n) is 2.64. The lowest BCUT2D eigenvalue weighted by Gasteiger charge is -2.19. The van der Waals surface area contributed by atoms with Gasteiger partial charge in [-0.2, -0.15) is 0 Å². The molecular weight excluding hydrogens is 274 g/mol. The Morgan fingerprint density at radius 3 is 2.55 bits per heavy atom. The fourth-order valence-electron chi connectivity index (χ4n) is 1.48. The Morgan fingerprint density at radius 2 is 2.00 bits per heavy atom. The van der Waals surface area contributed by atoms with Crippen LogP contribution in [0.5, 0.6) is 0 Å². The summed E-state index contributed by atoms with van der Waals surface area (Å²) >= 11 is 6.17. The van der Waals surface area contributed by atoms with Crippen molar-refractivity contribution in [1.82, 2.24) is 9.97 Å². The first-order valence-corrected chi connectivity index (χ1v) is 7.10. The van der Waals surface area contributed by atoms with E-state index in [9.17, 15) is 0 Å². The fraction of sp³-hybridized carbons (Fsp3) is 0.600. The van der Waals surface area contributed by atoms with E-state index in [4.69, 9.17) is 16.3 Å². The summed E-state index contributed by atoms with van der Waals surface area (Å²) in [7, 11) is 0. The average Bonchev–Trinajstić information content (AvgIpc) is 2.31. The second kappa shape index (κ2) is 7.04. The number of nitrogens with one attached hydrogen (secondary N) is 1. The highest BCUT2D eigenvalue weighted by Crippen LogP contribution is 2.25. The van der Waals surface area contributed by atoms with Crippen molar-refractivity contribution in [3.8, 4) is 0 Å². The molecule has 0 radical (unpaired) electrons. The molecule has 1 heterocycles. The average molecular weight is 298 g/mol. The van der Waals surface area contributed by atoms with Gasteiger partial charge < -0.3 is 10.1 Å². The standard InChI is InChI=1S/C15H24ClN3O/c1-10(2)9-20-8-7-17-13-11(3)12(16)18-14(19-13)15(4,5)6/h1,7-9H2,2-6H3,(H,17,18,19). The van der Waals surface area contributed by atoms with E-state index < -0.39 is 0 Å². The molecule has 0 aliphatic rings. The van der Waals surface area contributed by atoms with Crippen LogP contribution < -0.4 is 5.32 Å². The van der Waals surface area contributed by atoms with Gasteiger partial charge in [-0.25, -0.2) is 9.97 Å². The van der Waals surface area contributed by atoms with E-state index in [-0.39, 0.29) is 5.41 Å². The summed E-state index contributed by atoms with van der Waals surface area (Å²) in [6.45, 7) is 15.7. The minimum Gasteiger partial charge on any atom is -0.375 e. The van der Waals surface area contributed by atoms with E-state index in [1.54, 1.807) is 0 Å². The van der Waals surface area contributed by atoms with Crippen LogP contribution in [0.1, 0.15) is 39.1 Å². The largest absolute Gasteiger partial charge is 0.375 e. The van der Waals surface area contributed by atoms with Crippen molar-refractivity contribution in [3.05, 3.63) is 28.7 Å². The number of rotatable bonds is 6. The zero-order chi connectivity index (χ0) is 15.3. The topological polar surface area (TPSA) is 47.0 Å². The van der Waals surface area contributed by atoms with Gasteiger partial charge in [0.05, 0.1) is 13.2 Å². The summed E-state index contributed by atoms with van der Waals surface area (Å²) in [6, 6.07) is 0. The Morgan fingerprint density at radius 1 is 1.35 bits per heavy atom. The van der Waals surface area contributed by atoms with Gasteiger partial charge in [0.1, 0.15) is 16.8 Å². The Kier molecular flexibility index (Phi) is 5.96. The number of ether oxygens (including phenoxy) is 1. The lowest BCUT2D eigenvalue weighted by atomic mass is 9.95. The molecule has 1 aromatic heterocycles. The van der Waals surface area contributed by atoms with Gasteiger partial charge in [-0.05, 0) is 13.8 Å². The van der Waals surface area contributed by atoms with Crippen molar-refractivity contribution in [2.45, 2.75) is 40.0 Å². The first kappa shape index (κ1) is 16.9. The minimum absolute atomic E-state index is 0.135. The molecule has 0 unspecified atom stereocenters. The van der Waals surface area contributed by atoms with Crippen LogP contribution in [-0.4, -0.2) is 29.7 Å². The highest BCUT2D eigenvalue weighted by molar-refractivity contribution is 6.30. The van der Waals surface area contributed by atoms with E-state index in [0.29, 0.717) is 24.9 Å². The van der Waals surface area contributed by atoms with Gasteiger partial charge in [0, 0.05) is 17.5 Å². The zero-order valence-corrected chi connectivity index (χ0v) is 13.8. The van der Waals surface area contributed by atoms with Gasteiger partial charge in [0.25, 0.3) is 0 Å². The predicted molar refractivity (Wildman–Crippen MR) is 84.6 cm³/mol. The van der Waals surface area contributed by atoms with Gasteiger partial charge in [-0.15, -0.1) is 0 Å². The molecule has 112 valence electrons. The summed E-state index contributed by atoms with van der Waals surface area (Å²) in [5.74, 6) is 1.51. The maximum atomic E-state index is 6.17. The van der Waals surface area contributed by atoms with Crippen LogP contribution in [0.3, 0.4) is 0 Å². The summed E-state index contributed by atoms with van der Waals surface area (Å²) in [4.78, 5) is 8.90. The van der Waals surface area contributed by atoms with Crippen molar-refractivity contribution in [3.63, 3.8) is 0 Å². The van der Waals surface area contributed by atoms with E-state index in [0.717, 1.165) is 22.8 Å². The number of hydrogen-bond donors (Lipinski definition) is 1. The maximum Gasteiger partial charge on any atom is 0.137 e. The Bertz CT molecular complexity index is 481. The van der Waals surface area contributed by atoms with Crippen molar-refractivity contribution in [1.29, 1.82) is 0 Å².